The van der Waals surface area contributed by atoms with Crippen LogP contribution in [0.4, 0.5) is 4.39 Å². The number of hydrogen-bond donors (Lipinski definition) is 0. The summed E-state index contributed by atoms with van der Waals surface area (Å²) in [6.07, 6.45) is 0. The second kappa shape index (κ2) is 7.10. The zero-order chi connectivity index (χ0) is 16.2. The third kappa shape index (κ3) is 3.71. The molecule has 2 aromatic rings. The summed E-state index contributed by atoms with van der Waals surface area (Å²) < 4.78 is 18.7. The SMILES string of the molecule is COc1ccc(CN2CCN(C(=O)c3ccsc3)CC2)cc1F. The van der Waals surface area contributed by atoms with Crippen LogP contribution in [0, 0.1) is 5.82 Å². The number of benzene rings is 1. The minimum absolute atomic E-state index is 0.0985. The molecule has 0 N–H and O–H groups in total. The Morgan fingerprint density at radius 1 is 1.26 bits per heavy atom. The number of nitrogens with zero attached hydrogens (tertiary/aromatic N) is 2. The van der Waals surface area contributed by atoms with Gasteiger partial charge in [0.25, 0.3) is 5.91 Å². The fourth-order valence-electron chi connectivity index (χ4n) is 2.74. The molecule has 0 unspecified atom stereocenters. The Balaban J connectivity index is 1.55. The zero-order valence-corrected chi connectivity index (χ0v) is 13.8. The number of methoxy groups -OCH3 is 1. The van der Waals surface area contributed by atoms with Crippen molar-refractivity contribution in [1.29, 1.82) is 0 Å². The maximum absolute atomic E-state index is 13.7. The highest BCUT2D eigenvalue weighted by Crippen LogP contribution is 2.19. The third-order valence-electron chi connectivity index (χ3n) is 4.05. The lowest BCUT2D eigenvalue weighted by atomic mass is 10.1. The van der Waals surface area contributed by atoms with E-state index in [1.54, 1.807) is 6.07 Å². The molecule has 122 valence electrons. The number of carbonyl (C=O) groups is 1. The van der Waals surface area contributed by atoms with Crippen molar-refractivity contribution in [2.24, 2.45) is 0 Å². The topological polar surface area (TPSA) is 32.8 Å². The first-order valence-electron chi connectivity index (χ1n) is 7.53. The van der Waals surface area contributed by atoms with E-state index < -0.39 is 0 Å². The maximum atomic E-state index is 13.7. The first kappa shape index (κ1) is 16.0. The molecule has 0 radical (unpaired) electrons. The van der Waals surface area contributed by atoms with E-state index in [0.29, 0.717) is 19.6 Å². The molecule has 1 saturated heterocycles. The summed E-state index contributed by atoms with van der Waals surface area (Å²) in [7, 11) is 1.46. The predicted molar refractivity (Wildman–Crippen MR) is 88.5 cm³/mol. The summed E-state index contributed by atoms with van der Waals surface area (Å²) >= 11 is 1.53. The molecule has 0 saturated carbocycles. The largest absolute Gasteiger partial charge is 0.494 e. The van der Waals surface area contributed by atoms with Gasteiger partial charge in [-0.1, -0.05) is 6.07 Å². The monoisotopic (exact) mass is 334 g/mol. The fourth-order valence-corrected chi connectivity index (χ4v) is 3.37. The van der Waals surface area contributed by atoms with Crippen molar-refractivity contribution in [1.82, 2.24) is 9.80 Å². The number of thiophene rings is 1. The van der Waals surface area contributed by atoms with E-state index >= 15 is 0 Å². The van der Waals surface area contributed by atoms with Crippen LogP contribution in [-0.4, -0.2) is 49.0 Å². The van der Waals surface area contributed by atoms with Gasteiger partial charge in [-0.25, -0.2) is 4.39 Å². The summed E-state index contributed by atoms with van der Waals surface area (Å²) in [4.78, 5) is 16.4. The number of piperazine rings is 1. The van der Waals surface area contributed by atoms with E-state index in [4.69, 9.17) is 4.74 Å². The van der Waals surface area contributed by atoms with Gasteiger partial charge in [0.15, 0.2) is 11.6 Å². The maximum Gasteiger partial charge on any atom is 0.254 e. The molecule has 23 heavy (non-hydrogen) atoms. The van der Waals surface area contributed by atoms with E-state index in [9.17, 15) is 9.18 Å². The Kier molecular flexibility index (Phi) is 4.93. The quantitative estimate of drug-likeness (QED) is 0.862. The van der Waals surface area contributed by atoms with Gasteiger partial charge < -0.3 is 9.64 Å². The van der Waals surface area contributed by atoms with Crippen molar-refractivity contribution in [2.75, 3.05) is 33.3 Å². The third-order valence-corrected chi connectivity index (χ3v) is 4.73. The zero-order valence-electron chi connectivity index (χ0n) is 13.0. The van der Waals surface area contributed by atoms with Gasteiger partial charge in [0, 0.05) is 38.1 Å². The number of carbonyl (C=O) groups excluding carboxylic acids is 1. The molecule has 0 bridgehead atoms. The lowest BCUT2D eigenvalue weighted by molar-refractivity contribution is 0.0629. The highest BCUT2D eigenvalue weighted by atomic mass is 32.1. The lowest BCUT2D eigenvalue weighted by Gasteiger charge is -2.34. The number of rotatable bonds is 4. The number of halogens is 1. The Morgan fingerprint density at radius 2 is 2.04 bits per heavy atom. The fraction of sp³-hybridized carbons (Fsp3) is 0.353. The van der Waals surface area contributed by atoms with Crippen molar-refractivity contribution in [2.45, 2.75) is 6.54 Å². The first-order chi connectivity index (χ1) is 11.2. The summed E-state index contributed by atoms with van der Waals surface area (Å²) in [5, 5.41) is 3.80. The molecule has 4 nitrogen and oxygen atoms in total. The van der Waals surface area contributed by atoms with Crippen LogP contribution in [0.5, 0.6) is 5.75 Å². The van der Waals surface area contributed by atoms with Crippen molar-refractivity contribution >= 4 is 17.2 Å². The minimum Gasteiger partial charge on any atom is -0.494 e. The van der Waals surface area contributed by atoms with Crippen LogP contribution in [0.25, 0.3) is 0 Å². The normalized spacial score (nSPS) is 15.7. The Morgan fingerprint density at radius 3 is 2.65 bits per heavy atom. The van der Waals surface area contributed by atoms with Crippen LogP contribution in [-0.2, 0) is 6.54 Å². The highest BCUT2D eigenvalue weighted by molar-refractivity contribution is 7.08. The molecule has 1 fully saturated rings. The average Bonchev–Trinajstić information content (AvgIpc) is 3.09. The second-order valence-corrected chi connectivity index (χ2v) is 6.33. The molecule has 0 spiro atoms. The van der Waals surface area contributed by atoms with Crippen molar-refractivity contribution in [3.63, 3.8) is 0 Å². The molecule has 2 heterocycles. The molecular formula is C17H19FN2O2S. The molecule has 1 aromatic heterocycles. The molecule has 1 aliphatic rings. The van der Waals surface area contributed by atoms with Crippen molar-refractivity contribution in [3.05, 3.63) is 52.0 Å². The highest BCUT2D eigenvalue weighted by Gasteiger charge is 2.22. The average molecular weight is 334 g/mol. The van der Waals surface area contributed by atoms with Crippen LogP contribution < -0.4 is 4.74 Å². The van der Waals surface area contributed by atoms with E-state index in [2.05, 4.69) is 4.90 Å². The van der Waals surface area contributed by atoms with Crippen LogP contribution >= 0.6 is 11.3 Å². The summed E-state index contributed by atoms with van der Waals surface area (Å²) in [6, 6.07) is 6.91. The van der Waals surface area contributed by atoms with Gasteiger partial charge in [-0.2, -0.15) is 11.3 Å². The van der Waals surface area contributed by atoms with Gasteiger partial charge in [0.2, 0.25) is 0 Å². The Bertz CT molecular complexity index is 667. The summed E-state index contributed by atoms with van der Waals surface area (Å²) in [5.74, 6) is 0.0255. The van der Waals surface area contributed by atoms with Gasteiger partial charge >= 0.3 is 0 Å². The van der Waals surface area contributed by atoms with E-state index in [1.165, 1.54) is 24.5 Å². The number of ether oxygens (including phenoxy) is 1. The van der Waals surface area contributed by atoms with Gasteiger partial charge in [-0.3, -0.25) is 9.69 Å². The van der Waals surface area contributed by atoms with Gasteiger partial charge in [-0.15, -0.1) is 0 Å². The van der Waals surface area contributed by atoms with Gasteiger partial charge in [0.1, 0.15) is 0 Å². The summed E-state index contributed by atoms with van der Waals surface area (Å²) in [6.45, 7) is 3.68. The Labute approximate surface area is 139 Å². The van der Waals surface area contributed by atoms with Crippen LogP contribution in [0.3, 0.4) is 0 Å². The number of hydrogen-bond acceptors (Lipinski definition) is 4. The van der Waals surface area contributed by atoms with Crippen molar-refractivity contribution in [3.8, 4) is 5.75 Å². The van der Waals surface area contributed by atoms with Crippen LogP contribution in [0.1, 0.15) is 15.9 Å². The predicted octanol–water partition coefficient (Wildman–Crippen LogP) is 2.85. The Hall–Kier alpha value is -1.92. The van der Waals surface area contributed by atoms with E-state index in [0.717, 1.165) is 24.2 Å². The standard InChI is InChI=1S/C17H19FN2O2S/c1-22-16-3-2-13(10-15(16)18)11-19-5-7-20(8-6-19)17(21)14-4-9-23-12-14/h2-4,9-10,12H,5-8,11H2,1H3. The molecule has 1 aliphatic heterocycles. The van der Waals surface area contributed by atoms with Crippen molar-refractivity contribution < 1.29 is 13.9 Å². The molecule has 0 atom stereocenters. The molecular weight excluding hydrogens is 315 g/mol. The molecule has 0 aliphatic carbocycles. The smallest absolute Gasteiger partial charge is 0.254 e. The molecule has 6 heteroatoms. The van der Waals surface area contributed by atoms with Gasteiger partial charge in [0.05, 0.1) is 12.7 Å². The molecule has 3 rings (SSSR count). The summed E-state index contributed by atoms with van der Waals surface area (Å²) in [5.41, 5.74) is 1.68. The molecule has 1 aromatic carbocycles. The second-order valence-electron chi connectivity index (χ2n) is 5.55. The van der Waals surface area contributed by atoms with E-state index in [1.807, 2.05) is 27.8 Å². The minimum atomic E-state index is -0.337. The molecule has 1 amide bonds. The van der Waals surface area contributed by atoms with Crippen LogP contribution in [0.15, 0.2) is 35.0 Å². The first-order valence-corrected chi connectivity index (χ1v) is 8.48. The lowest BCUT2D eigenvalue weighted by Crippen LogP contribution is -2.48. The number of amides is 1. The van der Waals surface area contributed by atoms with E-state index in [-0.39, 0.29) is 17.5 Å². The van der Waals surface area contributed by atoms with Gasteiger partial charge in [-0.05, 0) is 29.1 Å². The van der Waals surface area contributed by atoms with Crippen LogP contribution in [0.2, 0.25) is 0 Å².